The Morgan fingerprint density at radius 1 is 0.943 bits per heavy atom. The van der Waals surface area contributed by atoms with E-state index in [-0.39, 0.29) is 12.3 Å². The molecule has 2 heterocycles. The van der Waals surface area contributed by atoms with E-state index in [2.05, 4.69) is 10.3 Å². The van der Waals surface area contributed by atoms with Crippen molar-refractivity contribution >= 4 is 22.9 Å². The Labute approximate surface area is 202 Å². The minimum Gasteiger partial charge on any atom is -0.481 e. The number of nitrogens with one attached hydrogen (secondary N) is 1. The number of nitrogens with zero attached hydrogens (tertiary/aromatic N) is 3. The van der Waals surface area contributed by atoms with Crippen LogP contribution in [0.1, 0.15) is 46.4 Å². The Bertz CT molecular complexity index is 1330. The van der Waals surface area contributed by atoms with E-state index in [0.717, 1.165) is 11.1 Å². The van der Waals surface area contributed by atoms with E-state index in [9.17, 15) is 14.0 Å². The van der Waals surface area contributed by atoms with Crippen LogP contribution in [0.25, 0.3) is 22.3 Å². The Kier molecular flexibility index (Phi) is 7.72. The maximum Gasteiger partial charge on any atom is 0.303 e. The Hall–Kier alpha value is -4.20. The number of carboxylic acids is 1. The predicted octanol–water partition coefficient (Wildman–Crippen LogP) is 4.89. The molecule has 7 nitrogen and oxygen atoms in total. The number of rotatable bonds is 10. The summed E-state index contributed by atoms with van der Waals surface area (Å²) in [5.41, 5.74) is 5.34. The zero-order valence-corrected chi connectivity index (χ0v) is 19.1. The summed E-state index contributed by atoms with van der Waals surface area (Å²) in [6, 6.07) is 15.9. The van der Waals surface area contributed by atoms with Crippen molar-refractivity contribution < 1.29 is 19.1 Å². The van der Waals surface area contributed by atoms with Gasteiger partial charge in [-0.15, -0.1) is 0 Å². The van der Waals surface area contributed by atoms with Gasteiger partial charge in [0, 0.05) is 36.5 Å². The van der Waals surface area contributed by atoms with Gasteiger partial charge < -0.3 is 10.4 Å². The second-order valence-corrected chi connectivity index (χ2v) is 8.20. The third-order valence-electron chi connectivity index (χ3n) is 5.61. The fraction of sp³-hybridized carbons (Fsp3) is 0.222. The molecule has 8 heteroatoms. The molecule has 2 aromatic heterocycles. The van der Waals surface area contributed by atoms with Gasteiger partial charge in [-0.3, -0.25) is 14.6 Å². The number of alkyl halides is 1. The van der Waals surface area contributed by atoms with E-state index >= 15 is 0 Å². The van der Waals surface area contributed by atoms with Gasteiger partial charge in [-0.05, 0) is 54.7 Å². The number of benzene rings is 2. The summed E-state index contributed by atoms with van der Waals surface area (Å²) >= 11 is 0. The lowest BCUT2D eigenvalue weighted by Gasteiger charge is -2.12. The number of halogens is 1. The molecular weight excluding hydrogens is 447 g/mol. The molecule has 0 aliphatic rings. The average Bonchev–Trinajstić information content (AvgIpc) is 2.89. The number of carbonyl (C=O) groups is 2. The Morgan fingerprint density at radius 2 is 1.77 bits per heavy atom. The monoisotopic (exact) mass is 472 g/mol. The molecule has 2 N–H and O–H groups in total. The summed E-state index contributed by atoms with van der Waals surface area (Å²) in [4.78, 5) is 37.2. The molecule has 2 aromatic carbocycles. The van der Waals surface area contributed by atoms with Crippen LogP contribution in [0.3, 0.4) is 0 Å². The number of aliphatic carboxylic acids is 1. The maximum atomic E-state index is 13.0. The number of aryl methyl sites for hydroxylation is 1. The zero-order chi connectivity index (χ0) is 24.6. The highest BCUT2D eigenvalue weighted by atomic mass is 19.1. The minimum absolute atomic E-state index is 0.0861. The molecule has 0 spiro atoms. The van der Waals surface area contributed by atoms with Crippen molar-refractivity contribution in [3.8, 4) is 11.3 Å². The standard InChI is InChI=1S/C27H25FN4O3/c28-15-18-7-9-20(10-8-18)26-23(5-1-2-6-25(33)34)31-24-14-21(11-12-22(24)32-26)27(35)30-17-19-4-3-13-29-16-19/h3-4,7-14,16H,1-2,5-6,15,17H2,(H,30,35)(H,33,34). The van der Waals surface area contributed by atoms with Crippen LogP contribution in [0.5, 0.6) is 0 Å². The van der Waals surface area contributed by atoms with Crippen molar-refractivity contribution in [2.75, 3.05) is 0 Å². The van der Waals surface area contributed by atoms with Gasteiger partial charge >= 0.3 is 5.97 Å². The fourth-order valence-corrected chi connectivity index (χ4v) is 3.75. The third-order valence-corrected chi connectivity index (χ3v) is 5.61. The third kappa shape index (κ3) is 6.23. The summed E-state index contributed by atoms with van der Waals surface area (Å²) in [6.07, 6.45) is 5.15. The van der Waals surface area contributed by atoms with Crippen LogP contribution in [-0.4, -0.2) is 31.9 Å². The van der Waals surface area contributed by atoms with Crippen molar-refractivity contribution in [1.29, 1.82) is 0 Å². The summed E-state index contributed by atoms with van der Waals surface area (Å²) in [5.74, 6) is -1.06. The maximum absolute atomic E-state index is 13.0. The predicted molar refractivity (Wildman–Crippen MR) is 130 cm³/mol. The van der Waals surface area contributed by atoms with Crippen molar-refractivity contribution in [2.24, 2.45) is 0 Å². The van der Waals surface area contributed by atoms with Crippen LogP contribution in [0.2, 0.25) is 0 Å². The minimum atomic E-state index is -0.835. The number of amides is 1. The number of unbranched alkanes of at least 4 members (excludes halogenated alkanes) is 1. The lowest BCUT2D eigenvalue weighted by Crippen LogP contribution is -2.22. The first kappa shape index (κ1) is 23.9. The molecule has 0 aliphatic heterocycles. The molecular formula is C27H25FN4O3. The normalized spacial score (nSPS) is 10.9. The summed E-state index contributed by atoms with van der Waals surface area (Å²) < 4.78 is 13.0. The van der Waals surface area contributed by atoms with E-state index in [1.165, 1.54) is 0 Å². The molecule has 0 saturated heterocycles. The summed E-state index contributed by atoms with van der Waals surface area (Å²) in [6.45, 7) is -0.184. The van der Waals surface area contributed by atoms with Gasteiger partial charge in [0.15, 0.2) is 0 Å². The first-order valence-corrected chi connectivity index (χ1v) is 11.4. The largest absolute Gasteiger partial charge is 0.481 e. The second kappa shape index (κ2) is 11.3. The van der Waals surface area contributed by atoms with Crippen molar-refractivity contribution in [3.63, 3.8) is 0 Å². The first-order valence-electron chi connectivity index (χ1n) is 11.4. The van der Waals surface area contributed by atoms with E-state index in [1.807, 2.05) is 24.3 Å². The molecule has 4 aromatic rings. The van der Waals surface area contributed by atoms with Gasteiger partial charge in [-0.2, -0.15) is 0 Å². The van der Waals surface area contributed by atoms with Crippen LogP contribution in [-0.2, 0) is 24.4 Å². The SMILES string of the molecule is O=C(O)CCCCc1nc2cc(C(=O)NCc3cccnc3)ccc2nc1-c1ccc(CF)cc1. The van der Waals surface area contributed by atoms with E-state index in [1.54, 1.807) is 42.7 Å². The molecule has 0 saturated carbocycles. The number of carbonyl (C=O) groups excluding carboxylic acids is 1. The highest BCUT2D eigenvalue weighted by Gasteiger charge is 2.14. The summed E-state index contributed by atoms with van der Waals surface area (Å²) in [7, 11) is 0. The van der Waals surface area contributed by atoms with Gasteiger partial charge in [-0.1, -0.05) is 30.3 Å². The highest BCUT2D eigenvalue weighted by molar-refractivity contribution is 5.97. The van der Waals surface area contributed by atoms with Gasteiger partial charge in [0.2, 0.25) is 0 Å². The molecule has 0 fully saturated rings. The quantitative estimate of drug-likeness (QED) is 0.319. The first-order chi connectivity index (χ1) is 17.0. The lowest BCUT2D eigenvalue weighted by molar-refractivity contribution is -0.137. The van der Waals surface area contributed by atoms with Crippen LogP contribution in [0.4, 0.5) is 4.39 Å². The van der Waals surface area contributed by atoms with Gasteiger partial charge in [0.05, 0.1) is 22.4 Å². The van der Waals surface area contributed by atoms with E-state index in [4.69, 9.17) is 15.1 Å². The topological polar surface area (TPSA) is 105 Å². The number of hydrogen-bond acceptors (Lipinski definition) is 5. The number of pyridine rings is 1. The molecule has 0 bridgehead atoms. The smallest absolute Gasteiger partial charge is 0.303 e. The van der Waals surface area contributed by atoms with Gasteiger partial charge in [0.1, 0.15) is 6.67 Å². The number of hydrogen-bond donors (Lipinski definition) is 2. The molecule has 1 amide bonds. The van der Waals surface area contributed by atoms with Crippen LogP contribution in [0, 0.1) is 0 Å². The van der Waals surface area contributed by atoms with Crippen molar-refractivity contribution in [2.45, 2.75) is 38.9 Å². The van der Waals surface area contributed by atoms with E-state index in [0.29, 0.717) is 59.4 Å². The number of aromatic nitrogens is 3. The Morgan fingerprint density at radius 3 is 2.49 bits per heavy atom. The zero-order valence-electron chi connectivity index (χ0n) is 19.1. The second-order valence-electron chi connectivity index (χ2n) is 8.20. The van der Waals surface area contributed by atoms with Crippen molar-refractivity contribution in [1.82, 2.24) is 20.3 Å². The number of fused-ring (bicyclic) bond motifs is 1. The Balaban J connectivity index is 1.61. The summed E-state index contributed by atoms with van der Waals surface area (Å²) in [5, 5.41) is 11.8. The van der Waals surface area contributed by atoms with Gasteiger partial charge in [-0.25, -0.2) is 14.4 Å². The van der Waals surface area contributed by atoms with Crippen LogP contribution >= 0.6 is 0 Å². The average molecular weight is 473 g/mol. The molecule has 178 valence electrons. The highest BCUT2D eigenvalue weighted by Crippen LogP contribution is 2.26. The van der Waals surface area contributed by atoms with Crippen molar-refractivity contribution in [3.05, 3.63) is 89.4 Å². The van der Waals surface area contributed by atoms with Crippen LogP contribution < -0.4 is 5.32 Å². The fourth-order valence-electron chi connectivity index (χ4n) is 3.75. The molecule has 35 heavy (non-hydrogen) atoms. The number of carboxylic acid groups (broad SMARTS) is 1. The molecule has 0 aliphatic carbocycles. The molecule has 4 rings (SSSR count). The molecule has 0 radical (unpaired) electrons. The molecule has 0 unspecified atom stereocenters. The van der Waals surface area contributed by atoms with E-state index < -0.39 is 12.6 Å². The lowest BCUT2D eigenvalue weighted by atomic mass is 10.0. The van der Waals surface area contributed by atoms with Gasteiger partial charge in [0.25, 0.3) is 5.91 Å². The molecule has 0 atom stereocenters. The van der Waals surface area contributed by atoms with Crippen LogP contribution in [0.15, 0.2) is 67.0 Å².